The molecule has 0 bridgehead atoms. The minimum atomic E-state index is 0.145. The van der Waals surface area contributed by atoms with Crippen molar-refractivity contribution in [3.63, 3.8) is 0 Å². The Hall–Kier alpha value is 0.0900. The summed E-state index contributed by atoms with van der Waals surface area (Å²) in [5.74, 6) is 0.972. The highest BCUT2D eigenvalue weighted by Gasteiger charge is 2.20. The first kappa shape index (κ1) is 14.2. The van der Waals surface area contributed by atoms with Gasteiger partial charge in [0.05, 0.1) is 0 Å². The Balaban J connectivity index is 2.85. The molecule has 0 aromatic heterocycles. The molecule has 2 atom stereocenters. The Morgan fingerprint density at radius 3 is 2.19 bits per heavy atom. The van der Waals surface area contributed by atoms with Crippen molar-refractivity contribution in [2.24, 2.45) is 11.8 Å². The lowest BCUT2D eigenvalue weighted by molar-refractivity contribution is 0.376. The van der Waals surface area contributed by atoms with Gasteiger partial charge in [-0.25, -0.2) is 0 Å². The van der Waals surface area contributed by atoms with Crippen LogP contribution in [0.1, 0.15) is 26.3 Å². The van der Waals surface area contributed by atoms with E-state index in [0.717, 1.165) is 17.0 Å². The molecule has 0 aliphatic rings. The molecule has 2 unspecified atom stereocenters. The molecule has 0 saturated heterocycles. The van der Waals surface area contributed by atoms with Crippen LogP contribution in [0.5, 0.6) is 0 Å². The summed E-state index contributed by atoms with van der Waals surface area (Å²) in [6.45, 7) is 6.41. The predicted molar refractivity (Wildman–Crippen MR) is 73.8 cm³/mol. The van der Waals surface area contributed by atoms with Crippen molar-refractivity contribution in [2.75, 3.05) is 0 Å². The lowest BCUT2D eigenvalue weighted by Crippen LogP contribution is -2.20. The molecule has 0 fully saturated rings. The number of hydrogen-bond acceptors (Lipinski definition) is 0. The Morgan fingerprint density at radius 2 is 1.75 bits per heavy atom. The topological polar surface area (TPSA) is 0 Å². The van der Waals surface area contributed by atoms with Gasteiger partial charge in [0.15, 0.2) is 0 Å². The third-order valence-corrected chi connectivity index (χ3v) is 3.83. The van der Waals surface area contributed by atoms with Gasteiger partial charge in [-0.3, -0.25) is 0 Å². The highest BCUT2D eigenvalue weighted by molar-refractivity contribution is 6.35. The van der Waals surface area contributed by atoms with Gasteiger partial charge in [0.2, 0.25) is 0 Å². The van der Waals surface area contributed by atoms with Gasteiger partial charge >= 0.3 is 0 Å². The fourth-order valence-electron chi connectivity index (χ4n) is 1.87. The molecule has 3 heteroatoms. The molecule has 0 N–H and O–H groups in total. The van der Waals surface area contributed by atoms with E-state index in [4.69, 9.17) is 34.8 Å². The molecule has 0 saturated carbocycles. The van der Waals surface area contributed by atoms with Crippen LogP contribution in [0.4, 0.5) is 0 Å². The van der Waals surface area contributed by atoms with Gasteiger partial charge in [-0.1, -0.05) is 43.1 Å². The van der Waals surface area contributed by atoms with E-state index < -0.39 is 0 Å². The second-order valence-electron chi connectivity index (χ2n) is 4.53. The number of rotatable bonds is 4. The fourth-order valence-corrected chi connectivity index (χ4v) is 2.74. The molecular weight excluding hydrogens is 263 g/mol. The van der Waals surface area contributed by atoms with Gasteiger partial charge in [0, 0.05) is 15.4 Å². The van der Waals surface area contributed by atoms with E-state index in [1.165, 1.54) is 0 Å². The number of benzene rings is 1. The predicted octanol–water partition coefficient (Wildman–Crippen LogP) is 5.44. The van der Waals surface area contributed by atoms with Crippen LogP contribution in [0.2, 0.25) is 10.0 Å². The van der Waals surface area contributed by atoms with E-state index in [0.29, 0.717) is 16.9 Å². The van der Waals surface area contributed by atoms with Crippen molar-refractivity contribution in [2.45, 2.75) is 32.6 Å². The van der Waals surface area contributed by atoms with Gasteiger partial charge in [-0.15, -0.1) is 11.6 Å². The molecular formula is C13H17Cl3. The Morgan fingerprint density at radius 1 is 1.12 bits per heavy atom. The van der Waals surface area contributed by atoms with Crippen molar-refractivity contribution in [3.05, 3.63) is 33.8 Å². The standard InChI is InChI=1S/C13H17Cl3/c1-8(2)12(9(3)14)6-10-4-5-11(15)7-13(10)16/h4-5,7-9,12H,6H2,1-3H3. The molecule has 0 aliphatic carbocycles. The van der Waals surface area contributed by atoms with E-state index in [2.05, 4.69) is 13.8 Å². The zero-order chi connectivity index (χ0) is 12.3. The van der Waals surface area contributed by atoms with Crippen LogP contribution in [0.3, 0.4) is 0 Å². The lowest BCUT2D eigenvalue weighted by Gasteiger charge is -2.23. The van der Waals surface area contributed by atoms with E-state index in [-0.39, 0.29) is 5.38 Å². The summed E-state index contributed by atoms with van der Waals surface area (Å²) >= 11 is 18.2. The maximum atomic E-state index is 6.20. The number of alkyl halides is 1. The van der Waals surface area contributed by atoms with Gasteiger partial charge in [-0.05, 0) is 42.9 Å². The molecule has 0 nitrogen and oxygen atoms in total. The van der Waals surface area contributed by atoms with Crippen molar-refractivity contribution in [1.82, 2.24) is 0 Å². The summed E-state index contributed by atoms with van der Waals surface area (Å²) in [5, 5.41) is 1.55. The molecule has 0 heterocycles. The molecule has 16 heavy (non-hydrogen) atoms. The average molecular weight is 280 g/mol. The maximum absolute atomic E-state index is 6.20. The van der Waals surface area contributed by atoms with Crippen molar-refractivity contribution >= 4 is 34.8 Å². The smallest absolute Gasteiger partial charge is 0.0452 e. The van der Waals surface area contributed by atoms with Crippen LogP contribution >= 0.6 is 34.8 Å². The largest absolute Gasteiger partial charge is 0.123 e. The van der Waals surface area contributed by atoms with E-state index in [1.54, 1.807) is 6.07 Å². The highest BCUT2D eigenvalue weighted by atomic mass is 35.5. The molecule has 90 valence electrons. The first-order valence-corrected chi connectivity index (χ1v) is 6.69. The first-order chi connectivity index (χ1) is 7.41. The zero-order valence-corrected chi connectivity index (χ0v) is 12.1. The molecule has 1 rings (SSSR count). The maximum Gasteiger partial charge on any atom is 0.0452 e. The summed E-state index contributed by atoms with van der Waals surface area (Å²) in [6, 6.07) is 5.65. The summed E-state index contributed by atoms with van der Waals surface area (Å²) in [7, 11) is 0. The summed E-state index contributed by atoms with van der Waals surface area (Å²) < 4.78 is 0. The van der Waals surface area contributed by atoms with E-state index in [1.807, 2.05) is 19.1 Å². The summed E-state index contributed by atoms with van der Waals surface area (Å²) in [5.41, 5.74) is 1.12. The Labute approximate surface area is 113 Å². The van der Waals surface area contributed by atoms with Crippen molar-refractivity contribution in [3.8, 4) is 0 Å². The summed E-state index contributed by atoms with van der Waals surface area (Å²) in [6.07, 6.45) is 0.901. The van der Waals surface area contributed by atoms with Crippen LogP contribution in [-0.4, -0.2) is 5.38 Å². The number of hydrogen-bond donors (Lipinski definition) is 0. The second kappa shape index (κ2) is 6.14. The van der Waals surface area contributed by atoms with Gasteiger partial charge in [-0.2, -0.15) is 0 Å². The van der Waals surface area contributed by atoms with Gasteiger partial charge < -0.3 is 0 Å². The van der Waals surface area contributed by atoms with Crippen LogP contribution < -0.4 is 0 Å². The minimum absolute atomic E-state index is 0.145. The van der Waals surface area contributed by atoms with Crippen LogP contribution in [0.15, 0.2) is 18.2 Å². The van der Waals surface area contributed by atoms with E-state index >= 15 is 0 Å². The van der Waals surface area contributed by atoms with Gasteiger partial charge in [0.25, 0.3) is 0 Å². The number of halogens is 3. The molecule has 0 radical (unpaired) electrons. The molecule has 0 aliphatic heterocycles. The molecule has 0 spiro atoms. The van der Waals surface area contributed by atoms with E-state index in [9.17, 15) is 0 Å². The second-order valence-corrected chi connectivity index (χ2v) is 6.06. The zero-order valence-electron chi connectivity index (χ0n) is 9.81. The van der Waals surface area contributed by atoms with Gasteiger partial charge in [0.1, 0.15) is 0 Å². The normalized spacial score (nSPS) is 15.2. The Kier molecular flexibility index (Phi) is 5.43. The highest BCUT2D eigenvalue weighted by Crippen LogP contribution is 2.29. The average Bonchev–Trinajstić information content (AvgIpc) is 2.15. The first-order valence-electron chi connectivity index (χ1n) is 5.49. The summed E-state index contributed by atoms with van der Waals surface area (Å²) in [4.78, 5) is 0. The van der Waals surface area contributed by atoms with Crippen molar-refractivity contribution in [1.29, 1.82) is 0 Å². The molecule has 1 aromatic rings. The van der Waals surface area contributed by atoms with Crippen molar-refractivity contribution < 1.29 is 0 Å². The third-order valence-electron chi connectivity index (χ3n) is 2.92. The monoisotopic (exact) mass is 278 g/mol. The van der Waals surface area contributed by atoms with Crippen LogP contribution in [0, 0.1) is 11.8 Å². The Bertz CT molecular complexity index is 337. The molecule has 0 amide bonds. The minimum Gasteiger partial charge on any atom is -0.123 e. The van der Waals surface area contributed by atoms with Crippen LogP contribution in [-0.2, 0) is 6.42 Å². The fraction of sp³-hybridized carbons (Fsp3) is 0.538. The third kappa shape index (κ3) is 3.84. The lowest BCUT2D eigenvalue weighted by atomic mass is 9.87. The SMILES string of the molecule is CC(C)C(Cc1ccc(Cl)cc1Cl)C(C)Cl. The molecule has 1 aromatic carbocycles. The quantitative estimate of drug-likeness (QED) is 0.644. The van der Waals surface area contributed by atoms with Crippen LogP contribution in [0.25, 0.3) is 0 Å².